The Bertz CT molecular complexity index is 511. The average Bonchev–Trinajstić information content (AvgIpc) is 2.77. The molecule has 0 radical (unpaired) electrons. The number of benzene rings is 1. The van der Waals surface area contributed by atoms with Crippen LogP contribution in [-0.2, 0) is 0 Å². The quantitative estimate of drug-likeness (QED) is 0.740. The Morgan fingerprint density at radius 2 is 2.20 bits per heavy atom. The molecule has 0 bridgehead atoms. The van der Waals surface area contributed by atoms with Crippen LogP contribution in [0.4, 0.5) is 0 Å². The summed E-state index contributed by atoms with van der Waals surface area (Å²) in [5.41, 5.74) is 1.26. The maximum absolute atomic E-state index is 8.67. The fourth-order valence-corrected chi connectivity index (χ4v) is 1.36. The highest BCUT2D eigenvalue weighted by Crippen LogP contribution is 2.21. The summed E-state index contributed by atoms with van der Waals surface area (Å²) in [5.74, 6) is 0.749. The second kappa shape index (κ2) is 3.84. The number of nitriles is 1. The number of methoxy groups -OCH3 is 1. The Kier molecular flexibility index (Phi) is 2.38. The van der Waals surface area contributed by atoms with Crippen LogP contribution < -0.4 is 4.74 Å². The third kappa shape index (κ3) is 1.67. The SMILES string of the molecule is COc1ccccc1-n1cnc(C#N)c1. The number of ether oxygens (including phenoxy) is 1. The van der Waals surface area contributed by atoms with Crippen LogP contribution in [0.25, 0.3) is 5.69 Å². The average molecular weight is 199 g/mol. The molecule has 0 N–H and O–H groups in total. The first kappa shape index (κ1) is 9.28. The Labute approximate surface area is 87.4 Å². The second-order valence-corrected chi connectivity index (χ2v) is 2.95. The number of hydrogen-bond donors (Lipinski definition) is 0. The summed E-state index contributed by atoms with van der Waals surface area (Å²) in [4.78, 5) is 3.93. The molecular formula is C11H9N3O. The summed E-state index contributed by atoms with van der Waals surface area (Å²) in [5, 5.41) is 8.67. The topological polar surface area (TPSA) is 50.8 Å². The van der Waals surface area contributed by atoms with Crippen molar-refractivity contribution in [1.29, 1.82) is 5.26 Å². The second-order valence-electron chi connectivity index (χ2n) is 2.95. The summed E-state index contributed by atoms with van der Waals surface area (Å²) in [7, 11) is 1.61. The van der Waals surface area contributed by atoms with Crippen molar-refractivity contribution in [3.05, 3.63) is 42.5 Å². The Morgan fingerprint density at radius 3 is 2.87 bits per heavy atom. The number of hydrogen-bond acceptors (Lipinski definition) is 3. The third-order valence-electron chi connectivity index (χ3n) is 2.06. The van der Waals surface area contributed by atoms with Crippen molar-refractivity contribution >= 4 is 0 Å². The lowest BCUT2D eigenvalue weighted by Gasteiger charge is -2.07. The third-order valence-corrected chi connectivity index (χ3v) is 2.06. The smallest absolute Gasteiger partial charge is 0.158 e. The number of nitrogens with zero attached hydrogens (tertiary/aromatic N) is 3. The minimum atomic E-state index is 0.390. The van der Waals surface area contributed by atoms with Gasteiger partial charge in [-0.3, -0.25) is 0 Å². The molecule has 4 heteroatoms. The highest BCUT2D eigenvalue weighted by atomic mass is 16.5. The van der Waals surface area contributed by atoms with Crippen LogP contribution >= 0.6 is 0 Å². The van der Waals surface area contributed by atoms with Crippen molar-refractivity contribution in [2.24, 2.45) is 0 Å². The molecule has 1 heterocycles. The van der Waals surface area contributed by atoms with Crippen molar-refractivity contribution in [2.45, 2.75) is 0 Å². The molecule has 0 saturated heterocycles. The van der Waals surface area contributed by atoms with Crippen molar-refractivity contribution in [1.82, 2.24) is 9.55 Å². The van der Waals surface area contributed by atoms with E-state index in [2.05, 4.69) is 4.98 Å². The van der Waals surface area contributed by atoms with Crippen LogP contribution in [0.15, 0.2) is 36.8 Å². The summed E-state index contributed by atoms with van der Waals surface area (Å²) in [6, 6.07) is 9.55. The molecular weight excluding hydrogens is 190 g/mol. The van der Waals surface area contributed by atoms with E-state index < -0.39 is 0 Å². The molecule has 2 aromatic rings. The summed E-state index contributed by atoms with van der Waals surface area (Å²) >= 11 is 0. The van der Waals surface area contributed by atoms with E-state index in [4.69, 9.17) is 10.00 Å². The molecule has 0 aliphatic carbocycles. The monoisotopic (exact) mass is 199 g/mol. The molecule has 15 heavy (non-hydrogen) atoms. The number of rotatable bonds is 2. The van der Waals surface area contributed by atoms with Crippen molar-refractivity contribution in [3.8, 4) is 17.5 Å². The molecule has 0 saturated carbocycles. The molecule has 0 spiro atoms. The fourth-order valence-electron chi connectivity index (χ4n) is 1.36. The van der Waals surface area contributed by atoms with Crippen molar-refractivity contribution < 1.29 is 4.74 Å². The van der Waals surface area contributed by atoms with E-state index in [-0.39, 0.29) is 0 Å². The van der Waals surface area contributed by atoms with Crippen LogP contribution in [0.5, 0.6) is 5.75 Å². The van der Waals surface area contributed by atoms with E-state index in [1.807, 2.05) is 30.3 Å². The summed E-state index contributed by atoms with van der Waals surface area (Å²) in [6.45, 7) is 0. The predicted octanol–water partition coefficient (Wildman–Crippen LogP) is 1.75. The first-order valence-corrected chi connectivity index (χ1v) is 4.42. The minimum Gasteiger partial charge on any atom is -0.495 e. The zero-order valence-electron chi connectivity index (χ0n) is 8.21. The molecule has 0 amide bonds. The standard InChI is InChI=1S/C11H9N3O/c1-15-11-5-3-2-4-10(11)14-7-9(6-12)13-8-14/h2-5,7-8H,1H3. The van der Waals surface area contributed by atoms with Crippen LogP contribution in [-0.4, -0.2) is 16.7 Å². The van der Waals surface area contributed by atoms with Gasteiger partial charge in [0.05, 0.1) is 12.8 Å². The van der Waals surface area contributed by atoms with E-state index in [1.54, 1.807) is 24.2 Å². The number of imidazole rings is 1. The molecule has 1 aromatic carbocycles. The van der Waals surface area contributed by atoms with Gasteiger partial charge in [0.15, 0.2) is 5.69 Å². The molecule has 0 aliphatic rings. The highest BCUT2D eigenvalue weighted by molar-refractivity contribution is 5.47. The summed E-state index contributed by atoms with van der Waals surface area (Å²) < 4.78 is 6.97. The molecule has 1 aromatic heterocycles. The fraction of sp³-hybridized carbons (Fsp3) is 0.0909. The van der Waals surface area contributed by atoms with Gasteiger partial charge < -0.3 is 9.30 Å². The zero-order valence-corrected chi connectivity index (χ0v) is 8.21. The van der Waals surface area contributed by atoms with E-state index in [1.165, 1.54) is 0 Å². The number of para-hydroxylation sites is 2. The Hall–Kier alpha value is -2.28. The molecule has 0 fully saturated rings. The van der Waals surface area contributed by atoms with Gasteiger partial charge in [0.2, 0.25) is 0 Å². The zero-order chi connectivity index (χ0) is 10.7. The van der Waals surface area contributed by atoms with Gasteiger partial charge >= 0.3 is 0 Å². The molecule has 2 rings (SSSR count). The van der Waals surface area contributed by atoms with E-state index in [9.17, 15) is 0 Å². The van der Waals surface area contributed by atoms with Crippen LogP contribution in [0.3, 0.4) is 0 Å². The van der Waals surface area contributed by atoms with Crippen LogP contribution in [0.2, 0.25) is 0 Å². The van der Waals surface area contributed by atoms with Gasteiger partial charge in [-0.25, -0.2) is 4.98 Å². The van der Waals surface area contributed by atoms with Gasteiger partial charge in [-0.15, -0.1) is 0 Å². The molecule has 0 atom stereocenters. The van der Waals surface area contributed by atoms with Gasteiger partial charge in [0.25, 0.3) is 0 Å². The van der Waals surface area contributed by atoms with Crippen LogP contribution in [0, 0.1) is 11.3 Å². The first-order chi connectivity index (χ1) is 7.35. The lowest BCUT2D eigenvalue weighted by atomic mass is 10.3. The molecule has 74 valence electrons. The van der Waals surface area contributed by atoms with E-state index >= 15 is 0 Å². The first-order valence-electron chi connectivity index (χ1n) is 4.42. The van der Waals surface area contributed by atoms with Gasteiger partial charge in [-0.05, 0) is 12.1 Å². The lowest BCUT2D eigenvalue weighted by Crippen LogP contribution is -1.94. The normalized spacial score (nSPS) is 9.60. The molecule has 4 nitrogen and oxygen atoms in total. The van der Waals surface area contributed by atoms with Gasteiger partial charge in [0.1, 0.15) is 18.1 Å². The predicted molar refractivity (Wildman–Crippen MR) is 54.8 cm³/mol. The Morgan fingerprint density at radius 1 is 1.40 bits per heavy atom. The van der Waals surface area contributed by atoms with E-state index in [0.717, 1.165) is 11.4 Å². The van der Waals surface area contributed by atoms with E-state index in [0.29, 0.717) is 5.69 Å². The molecule has 0 unspecified atom stereocenters. The van der Waals surface area contributed by atoms with Gasteiger partial charge in [0, 0.05) is 6.20 Å². The highest BCUT2D eigenvalue weighted by Gasteiger charge is 2.04. The van der Waals surface area contributed by atoms with Crippen molar-refractivity contribution in [3.63, 3.8) is 0 Å². The lowest BCUT2D eigenvalue weighted by molar-refractivity contribution is 0.413. The van der Waals surface area contributed by atoms with Crippen LogP contribution in [0.1, 0.15) is 5.69 Å². The Balaban J connectivity index is 2.49. The number of aromatic nitrogens is 2. The van der Waals surface area contributed by atoms with Gasteiger partial charge in [-0.1, -0.05) is 12.1 Å². The molecule has 0 aliphatic heterocycles. The maximum Gasteiger partial charge on any atom is 0.158 e. The summed E-state index contributed by atoms with van der Waals surface area (Å²) in [6.07, 6.45) is 3.26. The largest absolute Gasteiger partial charge is 0.495 e. The van der Waals surface area contributed by atoms with Crippen molar-refractivity contribution in [2.75, 3.05) is 7.11 Å². The minimum absolute atomic E-state index is 0.390. The van der Waals surface area contributed by atoms with Gasteiger partial charge in [-0.2, -0.15) is 5.26 Å². The maximum atomic E-state index is 8.67.